The molecule has 1 unspecified atom stereocenters. The molecule has 1 atom stereocenters. The van der Waals surface area contributed by atoms with E-state index in [9.17, 15) is 0 Å². The van der Waals surface area contributed by atoms with E-state index >= 15 is 0 Å². The van der Waals surface area contributed by atoms with Crippen LogP contribution in [0.4, 0.5) is 0 Å². The maximum Gasteiger partial charge on any atom is 0.127 e. The number of hydrogen-bond acceptors (Lipinski definition) is 2. The first-order valence-corrected chi connectivity index (χ1v) is 7.15. The summed E-state index contributed by atoms with van der Waals surface area (Å²) in [6.07, 6.45) is 5.59. The van der Waals surface area contributed by atoms with Crippen molar-refractivity contribution in [2.75, 3.05) is 0 Å². The van der Waals surface area contributed by atoms with Crippen LogP contribution in [0.3, 0.4) is 0 Å². The average Bonchev–Trinajstić information content (AvgIpc) is 3.03. The number of rotatable bonds is 4. The topological polar surface area (TPSA) is 35.6 Å². The summed E-state index contributed by atoms with van der Waals surface area (Å²) < 4.78 is 4.27. The third kappa shape index (κ3) is 2.43. The van der Waals surface area contributed by atoms with Gasteiger partial charge in [-0.15, -0.1) is 11.6 Å². The third-order valence-electron chi connectivity index (χ3n) is 3.43. The Bertz CT molecular complexity index is 713. The molecule has 2 heterocycles. The Balaban J connectivity index is 2.01. The zero-order chi connectivity index (χ0) is 14.1. The van der Waals surface area contributed by atoms with E-state index in [0.717, 1.165) is 29.9 Å². The van der Waals surface area contributed by atoms with Crippen LogP contribution < -0.4 is 0 Å². The van der Waals surface area contributed by atoms with Gasteiger partial charge in [-0.25, -0.2) is 9.97 Å². The fourth-order valence-corrected chi connectivity index (χ4v) is 2.59. The minimum Gasteiger partial charge on any atom is -0.336 e. The molecule has 0 spiro atoms. The Morgan fingerprint density at radius 3 is 2.85 bits per heavy atom. The van der Waals surface area contributed by atoms with Crippen molar-refractivity contribution in [2.45, 2.75) is 32.3 Å². The van der Waals surface area contributed by atoms with Gasteiger partial charge in [0.1, 0.15) is 5.82 Å². The number of alkyl halides is 1. The van der Waals surface area contributed by atoms with E-state index in [1.54, 1.807) is 6.20 Å². The van der Waals surface area contributed by atoms with Crippen molar-refractivity contribution in [3.63, 3.8) is 0 Å². The second kappa shape index (κ2) is 5.29. The fraction of sp³-hybridized carbons (Fsp3) is 0.333. The van der Waals surface area contributed by atoms with Crippen LogP contribution in [0.2, 0.25) is 0 Å². The van der Waals surface area contributed by atoms with Gasteiger partial charge in [0.2, 0.25) is 0 Å². The molecule has 3 aromatic rings. The van der Waals surface area contributed by atoms with Gasteiger partial charge in [-0.2, -0.15) is 0 Å². The lowest BCUT2D eigenvalue weighted by Gasteiger charge is -2.11. The largest absolute Gasteiger partial charge is 0.336 e. The van der Waals surface area contributed by atoms with Gasteiger partial charge in [0.25, 0.3) is 0 Å². The third-order valence-corrected chi connectivity index (χ3v) is 3.63. The molecule has 0 aliphatic rings. The van der Waals surface area contributed by atoms with E-state index in [0.29, 0.717) is 0 Å². The van der Waals surface area contributed by atoms with E-state index in [1.165, 1.54) is 5.56 Å². The van der Waals surface area contributed by atoms with Crippen LogP contribution >= 0.6 is 11.6 Å². The van der Waals surface area contributed by atoms with E-state index in [2.05, 4.69) is 44.2 Å². The van der Waals surface area contributed by atoms with Crippen molar-refractivity contribution in [3.8, 4) is 0 Å². The highest BCUT2D eigenvalue weighted by Crippen LogP contribution is 2.25. The molecule has 0 amide bonds. The van der Waals surface area contributed by atoms with Crippen molar-refractivity contribution < 1.29 is 0 Å². The van der Waals surface area contributed by atoms with E-state index in [4.69, 9.17) is 11.6 Å². The Hall–Kier alpha value is -1.81. The van der Waals surface area contributed by atoms with Crippen molar-refractivity contribution in [2.24, 2.45) is 0 Å². The number of benzene rings is 1. The first kappa shape index (κ1) is 13.2. The van der Waals surface area contributed by atoms with Gasteiger partial charge in [-0.05, 0) is 31.5 Å². The molecule has 104 valence electrons. The highest BCUT2D eigenvalue weighted by Gasteiger charge is 2.14. The van der Waals surface area contributed by atoms with Crippen molar-refractivity contribution in [3.05, 3.63) is 48.3 Å². The molecule has 3 rings (SSSR count). The smallest absolute Gasteiger partial charge is 0.127 e. The van der Waals surface area contributed by atoms with Crippen molar-refractivity contribution in [1.82, 2.24) is 19.1 Å². The summed E-state index contributed by atoms with van der Waals surface area (Å²) in [5.41, 5.74) is 3.38. The molecular weight excluding hydrogens is 272 g/mol. The molecule has 0 saturated carbocycles. The van der Waals surface area contributed by atoms with E-state index < -0.39 is 0 Å². The number of fused-ring (bicyclic) bond motifs is 1. The average molecular weight is 289 g/mol. The quantitative estimate of drug-likeness (QED) is 0.688. The second-order valence-electron chi connectivity index (χ2n) is 5.03. The van der Waals surface area contributed by atoms with Gasteiger partial charge in [-0.3, -0.25) is 0 Å². The van der Waals surface area contributed by atoms with Gasteiger partial charge in [0.05, 0.1) is 22.7 Å². The molecule has 2 aromatic heterocycles. The maximum atomic E-state index is 6.28. The minimum absolute atomic E-state index is 0.106. The van der Waals surface area contributed by atoms with Crippen LogP contribution in [0.1, 0.15) is 23.7 Å². The minimum atomic E-state index is -0.106. The molecule has 0 N–H and O–H groups in total. The summed E-state index contributed by atoms with van der Waals surface area (Å²) in [5, 5.41) is -0.106. The number of hydrogen-bond donors (Lipinski definition) is 0. The van der Waals surface area contributed by atoms with Gasteiger partial charge in [0.15, 0.2) is 0 Å². The van der Waals surface area contributed by atoms with Crippen molar-refractivity contribution in [1.29, 1.82) is 0 Å². The molecule has 0 bridgehead atoms. The Kier molecular flexibility index (Phi) is 3.49. The predicted octanol–water partition coefficient (Wildman–Crippen LogP) is 3.54. The second-order valence-corrected chi connectivity index (χ2v) is 5.68. The first-order valence-electron chi connectivity index (χ1n) is 6.72. The van der Waals surface area contributed by atoms with Gasteiger partial charge >= 0.3 is 0 Å². The normalized spacial score (nSPS) is 12.9. The molecule has 0 aliphatic carbocycles. The summed E-state index contributed by atoms with van der Waals surface area (Å²) in [5.74, 6) is 0.924. The number of nitrogens with zero attached hydrogens (tertiary/aromatic N) is 4. The molecule has 4 nitrogen and oxygen atoms in total. The zero-order valence-electron chi connectivity index (χ0n) is 11.6. The number of halogens is 1. The van der Waals surface area contributed by atoms with Crippen LogP contribution in [0.25, 0.3) is 11.0 Å². The zero-order valence-corrected chi connectivity index (χ0v) is 12.4. The molecule has 1 aromatic carbocycles. The number of aromatic nitrogens is 4. The van der Waals surface area contributed by atoms with Gasteiger partial charge in [-0.1, -0.05) is 6.07 Å². The van der Waals surface area contributed by atoms with Crippen LogP contribution in [-0.2, 0) is 13.1 Å². The number of aryl methyl sites for hydroxylation is 3. The highest BCUT2D eigenvalue weighted by molar-refractivity contribution is 6.20. The lowest BCUT2D eigenvalue weighted by Crippen LogP contribution is -2.09. The SMILES string of the molecule is Cc1ccc2nc(C(C)Cl)n(CCn3ccnc3)c2c1. The van der Waals surface area contributed by atoms with Crippen LogP contribution in [-0.4, -0.2) is 19.1 Å². The molecule has 0 fully saturated rings. The number of imidazole rings is 2. The summed E-state index contributed by atoms with van der Waals surface area (Å²) in [6.45, 7) is 5.75. The molecular formula is C15H17ClN4. The Morgan fingerprint density at radius 2 is 2.15 bits per heavy atom. The summed E-state index contributed by atoms with van der Waals surface area (Å²) >= 11 is 6.28. The van der Waals surface area contributed by atoms with E-state index in [1.807, 2.05) is 19.4 Å². The van der Waals surface area contributed by atoms with E-state index in [-0.39, 0.29) is 5.38 Å². The molecule has 0 aliphatic heterocycles. The lowest BCUT2D eigenvalue weighted by molar-refractivity contribution is 0.569. The molecule has 20 heavy (non-hydrogen) atoms. The Labute approximate surface area is 123 Å². The molecule has 5 heteroatoms. The van der Waals surface area contributed by atoms with Crippen molar-refractivity contribution >= 4 is 22.6 Å². The maximum absolute atomic E-state index is 6.28. The van der Waals surface area contributed by atoms with Crippen LogP contribution in [0, 0.1) is 6.92 Å². The Morgan fingerprint density at radius 1 is 1.30 bits per heavy atom. The fourth-order valence-electron chi connectivity index (χ4n) is 2.42. The highest BCUT2D eigenvalue weighted by atomic mass is 35.5. The summed E-state index contributed by atoms with van der Waals surface area (Å²) in [6, 6.07) is 6.30. The molecule has 0 radical (unpaired) electrons. The summed E-state index contributed by atoms with van der Waals surface area (Å²) in [7, 11) is 0. The van der Waals surface area contributed by atoms with Crippen LogP contribution in [0.15, 0.2) is 36.9 Å². The standard InChI is InChI=1S/C15H17ClN4/c1-11-3-4-13-14(9-11)20(15(18-13)12(2)16)8-7-19-6-5-17-10-19/h3-6,9-10,12H,7-8H2,1-2H3. The molecule has 0 saturated heterocycles. The van der Waals surface area contributed by atoms with Gasteiger partial charge < -0.3 is 9.13 Å². The first-order chi connectivity index (χ1) is 9.65. The predicted molar refractivity (Wildman–Crippen MR) is 81.0 cm³/mol. The van der Waals surface area contributed by atoms with Crippen LogP contribution in [0.5, 0.6) is 0 Å². The monoisotopic (exact) mass is 288 g/mol. The summed E-state index contributed by atoms with van der Waals surface area (Å²) in [4.78, 5) is 8.73. The van der Waals surface area contributed by atoms with Gasteiger partial charge in [0, 0.05) is 25.5 Å². The lowest BCUT2D eigenvalue weighted by atomic mass is 10.2.